The highest BCUT2D eigenvalue weighted by atomic mass is 16.5. The number of benzene rings is 2. The molecule has 2 aromatic carbocycles. The maximum atomic E-state index is 12.0. The average Bonchev–Trinajstić information content (AvgIpc) is 2.76. The lowest BCUT2D eigenvalue weighted by Gasteiger charge is -2.09. The van der Waals surface area contributed by atoms with Crippen molar-refractivity contribution in [1.29, 1.82) is 0 Å². The molecule has 170 valence electrons. The highest BCUT2D eigenvalue weighted by Gasteiger charge is 2.12. The van der Waals surface area contributed by atoms with Gasteiger partial charge >= 0.3 is 11.9 Å². The van der Waals surface area contributed by atoms with Crippen LogP contribution >= 0.6 is 0 Å². The summed E-state index contributed by atoms with van der Waals surface area (Å²) in [7, 11) is 0. The van der Waals surface area contributed by atoms with Crippen molar-refractivity contribution in [3.63, 3.8) is 0 Å². The second-order valence-electron chi connectivity index (χ2n) is 7.69. The van der Waals surface area contributed by atoms with E-state index in [2.05, 4.69) is 10.6 Å². The number of esters is 2. The van der Waals surface area contributed by atoms with Crippen molar-refractivity contribution in [3.8, 4) is 0 Å². The molecule has 2 aromatic rings. The van der Waals surface area contributed by atoms with Gasteiger partial charge in [0.1, 0.15) is 0 Å². The molecule has 0 aliphatic carbocycles. The highest BCUT2D eigenvalue weighted by molar-refractivity contribution is 5.95. The van der Waals surface area contributed by atoms with Crippen molar-refractivity contribution in [2.45, 2.75) is 33.6 Å². The quantitative estimate of drug-likeness (QED) is 0.545. The molecule has 0 bridgehead atoms. The fourth-order valence-electron chi connectivity index (χ4n) is 2.51. The minimum Gasteiger partial charge on any atom is -0.462 e. The number of hydrogen-bond donors (Lipinski definition) is 2. The first-order chi connectivity index (χ1) is 15.2. The van der Waals surface area contributed by atoms with Crippen LogP contribution in [0.3, 0.4) is 0 Å². The molecule has 2 N–H and O–H groups in total. The van der Waals surface area contributed by atoms with Gasteiger partial charge in [-0.25, -0.2) is 4.79 Å². The molecule has 0 atom stereocenters. The SMILES string of the molecule is Cc1ccc(NC(=O)COC(=O)CCC(=O)Nc2ccc(C(=O)OCC(C)C)cc2)cc1. The molecule has 0 radical (unpaired) electrons. The number of carbonyl (C=O) groups is 4. The summed E-state index contributed by atoms with van der Waals surface area (Å²) < 4.78 is 10.0. The lowest BCUT2D eigenvalue weighted by Crippen LogP contribution is -2.21. The van der Waals surface area contributed by atoms with Crippen molar-refractivity contribution in [2.75, 3.05) is 23.8 Å². The van der Waals surface area contributed by atoms with Gasteiger partial charge in [-0.05, 0) is 49.2 Å². The fourth-order valence-corrected chi connectivity index (χ4v) is 2.51. The molecule has 0 heterocycles. The Morgan fingerprint density at radius 1 is 0.781 bits per heavy atom. The molecule has 0 saturated heterocycles. The van der Waals surface area contributed by atoms with E-state index in [4.69, 9.17) is 9.47 Å². The summed E-state index contributed by atoms with van der Waals surface area (Å²) >= 11 is 0. The van der Waals surface area contributed by atoms with E-state index in [1.165, 1.54) is 0 Å². The average molecular weight is 440 g/mol. The maximum absolute atomic E-state index is 12.0. The Morgan fingerprint density at radius 3 is 1.94 bits per heavy atom. The lowest BCUT2D eigenvalue weighted by molar-refractivity contribution is -0.147. The number of rotatable bonds is 10. The van der Waals surface area contributed by atoms with E-state index in [9.17, 15) is 19.2 Å². The normalized spacial score (nSPS) is 10.4. The Balaban J connectivity index is 1.68. The topological polar surface area (TPSA) is 111 Å². The van der Waals surface area contributed by atoms with Crippen LogP contribution in [0.15, 0.2) is 48.5 Å². The Bertz CT molecular complexity index is 936. The molecule has 0 unspecified atom stereocenters. The Hall–Kier alpha value is -3.68. The molecule has 0 aliphatic heterocycles. The molecule has 0 spiro atoms. The molecule has 8 heteroatoms. The Kier molecular flexibility index (Phi) is 9.41. The first-order valence-electron chi connectivity index (χ1n) is 10.3. The van der Waals surface area contributed by atoms with E-state index < -0.39 is 24.5 Å². The van der Waals surface area contributed by atoms with Crippen LogP contribution in [0.25, 0.3) is 0 Å². The van der Waals surface area contributed by atoms with Gasteiger partial charge in [0.05, 0.1) is 18.6 Å². The van der Waals surface area contributed by atoms with Crippen molar-refractivity contribution in [2.24, 2.45) is 5.92 Å². The summed E-state index contributed by atoms with van der Waals surface area (Å²) in [4.78, 5) is 47.6. The minimum absolute atomic E-state index is 0.101. The third-order valence-electron chi connectivity index (χ3n) is 4.21. The van der Waals surface area contributed by atoms with Crippen molar-refractivity contribution in [3.05, 3.63) is 59.7 Å². The van der Waals surface area contributed by atoms with Crippen LogP contribution in [0.1, 0.15) is 42.6 Å². The molecule has 2 rings (SSSR count). The van der Waals surface area contributed by atoms with E-state index >= 15 is 0 Å². The second-order valence-corrected chi connectivity index (χ2v) is 7.69. The van der Waals surface area contributed by atoms with Gasteiger partial charge in [0.25, 0.3) is 5.91 Å². The van der Waals surface area contributed by atoms with Crippen LogP contribution in [0.5, 0.6) is 0 Å². The van der Waals surface area contributed by atoms with Crippen LogP contribution in [0.4, 0.5) is 11.4 Å². The molecule has 0 aliphatic rings. The number of ether oxygens (including phenoxy) is 2. The molecular weight excluding hydrogens is 412 g/mol. The van der Waals surface area contributed by atoms with E-state index in [0.717, 1.165) is 5.56 Å². The third-order valence-corrected chi connectivity index (χ3v) is 4.21. The number of anilines is 2. The summed E-state index contributed by atoms with van der Waals surface area (Å²) in [5, 5.41) is 5.26. The smallest absolute Gasteiger partial charge is 0.338 e. The van der Waals surface area contributed by atoms with Crippen molar-refractivity contribution < 1.29 is 28.7 Å². The Morgan fingerprint density at radius 2 is 1.34 bits per heavy atom. The molecule has 32 heavy (non-hydrogen) atoms. The van der Waals surface area contributed by atoms with Gasteiger partial charge in [0, 0.05) is 17.8 Å². The predicted molar refractivity (Wildman–Crippen MR) is 120 cm³/mol. The van der Waals surface area contributed by atoms with Gasteiger partial charge in [-0.15, -0.1) is 0 Å². The fraction of sp³-hybridized carbons (Fsp3) is 0.333. The van der Waals surface area contributed by atoms with Crippen LogP contribution in [0, 0.1) is 12.8 Å². The number of nitrogens with one attached hydrogen (secondary N) is 2. The lowest BCUT2D eigenvalue weighted by atomic mass is 10.2. The molecular formula is C24H28N2O6. The molecule has 0 fully saturated rings. The zero-order chi connectivity index (χ0) is 23.5. The molecule has 0 saturated carbocycles. The van der Waals surface area contributed by atoms with Gasteiger partial charge < -0.3 is 20.1 Å². The third kappa shape index (κ3) is 8.99. The number of amides is 2. The first-order valence-corrected chi connectivity index (χ1v) is 10.3. The van der Waals surface area contributed by atoms with Crippen molar-refractivity contribution in [1.82, 2.24) is 0 Å². The van der Waals surface area contributed by atoms with Crippen LogP contribution in [0.2, 0.25) is 0 Å². The zero-order valence-electron chi connectivity index (χ0n) is 18.5. The molecule has 0 aromatic heterocycles. The van der Waals surface area contributed by atoms with E-state index in [1.807, 2.05) is 32.9 Å². The summed E-state index contributed by atoms with van der Waals surface area (Å²) in [5.41, 5.74) is 2.54. The minimum atomic E-state index is -0.651. The molecule has 2 amide bonds. The highest BCUT2D eigenvalue weighted by Crippen LogP contribution is 2.12. The van der Waals surface area contributed by atoms with Crippen molar-refractivity contribution >= 4 is 35.1 Å². The summed E-state index contributed by atoms with van der Waals surface area (Å²) in [6.45, 7) is 5.73. The Labute approximate surface area is 187 Å². The van der Waals surface area contributed by atoms with Gasteiger partial charge in [-0.2, -0.15) is 0 Å². The summed E-state index contributed by atoms with van der Waals surface area (Å²) in [6, 6.07) is 13.5. The maximum Gasteiger partial charge on any atom is 0.338 e. The van der Waals surface area contributed by atoms with E-state index in [0.29, 0.717) is 23.5 Å². The van der Waals surface area contributed by atoms with E-state index in [1.54, 1.807) is 36.4 Å². The monoisotopic (exact) mass is 440 g/mol. The number of aryl methyl sites for hydroxylation is 1. The molecule has 8 nitrogen and oxygen atoms in total. The summed E-state index contributed by atoms with van der Waals surface area (Å²) in [5.74, 6) is -1.68. The van der Waals surface area contributed by atoms with Gasteiger partial charge in [-0.3, -0.25) is 14.4 Å². The van der Waals surface area contributed by atoms with Crippen LogP contribution in [-0.4, -0.2) is 37.0 Å². The first kappa shape index (κ1) is 24.6. The number of carbonyl (C=O) groups excluding carboxylic acids is 4. The number of hydrogen-bond acceptors (Lipinski definition) is 6. The second kappa shape index (κ2) is 12.2. The zero-order valence-corrected chi connectivity index (χ0v) is 18.5. The van der Waals surface area contributed by atoms with E-state index in [-0.39, 0.29) is 24.7 Å². The standard InChI is InChI=1S/C24H28N2O6/c1-16(2)14-32-24(30)18-6-10-20(11-7-18)25-21(27)12-13-23(29)31-15-22(28)26-19-8-4-17(3)5-9-19/h4-11,16H,12-15H2,1-3H3,(H,25,27)(H,26,28). The van der Waals surface area contributed by atoms with Gasteiger partial charge in [0.15, 0.2) is 6.61 Å². The van der Waals surface area contributed by atoms with Crippen LogP contribution < -0.4 is 10.6 Å². The summed E-state index contributed by atoms with van der Waals surface area (Å²) in [6.07, 6.45) is -0.264. The van der Waals surface area contributed by atoms with Crippen LogP contribution in [-0.2, 0) is 23.9 Å². The van der Waals surface area contributed by atoms with Gasteiger partial charge in [0.2, 0.25) is 5.91 Å². The predicted octanol–water partition coefficient (Wildman–Crippen LogP) is 3.71. The largest absolute Gasteiger partial charge is 0.462 e. The van der Waals surface area contributed by atoms with Gasteiger partial charge in [-0.1, -0.05) is 31.5 Å².